The van der Waals surface area contributed by atoms with Gasteiger partial charge in [-0.25, -0.2) is 9.78 Å². The Labute approximate surface area is 176 Å². The molecule has 2 N–H and O–H groups in total. The first-order chi connectivity index (χ1) is 15.0. The number of carboxylic acid groups (broad SMARTS) is 1. The second kappa shape index (κ2) is 9.87. The fraction of sp³-hybridized carbons (Fsp3) is 0.150. The van der Waals surface area contributed by atoms with Gasteiger partial charge in [0.2, 0.25) is 5.76 Å². The van der Waals surface area contributed by atoms with E-state index >= 15 is 0 Å². The highest BCUT2D eigenvalue weighted by molar-refractivity contribution is 5.84. The van der Waals surface area contributed by atoms with Crippen molar-refractivity contribution >= 4 is 23.7 Å². The summed E-state index contributed by atoms with van der Waals surface area (Å²) in [6.45, 7) is 2.28. The molecule has 0 aliphatic carbocycles. The van der Waals surface area contributed by atoms with Crippen LogP contribution in [0.1, 0.15) is 28.8 Å². The molecule has 31 heavy (non-hydrogen) atoms. The summed E-state index contributed by atoms with van der Waals surface area (Å²) in [6.07, 6.45) is 2.66. The van der Waals surface area contributed by atoms with Gasteiger partial charge in [-0.3, -0.25) is 15.5 Å². The summed E-state index contributed by atoms with van der Waals surface area (Å²) in [7, 11) is 0. The highest BCUT2D eigenvalue weighted by Crippen LogP contribution is 2.29. The van der Waals surface area contributed by atoms with Crippen LogP contribution in [0.3, 0.4) is 0 Å². The fourth-order valence-corrected chi connectivity index (χ4v) is 2.44. The van der Waals surface area contributed by atoms with Crippen molar-refractivity contribution in [1.29, 1.82) is 0 Å². The summed E-state index contributed by atoms with van der Waals surface area (Å²) in [5, 5.41) is 23.6. The molecule has 0 bridgehead atoms. The van der Waals surface area contributed by atoms with Gasteiger partial charge in [-0.2, -0.15) is 5.10 Å². The topological polar surface area (TPSA) is 149 Å². The van der Waals surface area contributed by atoms with Crippen LogP contribution in [0.4, 0.5) is 11.5 Å². The molecule has 0 radical (unpaired) electrons. The smallest absolute Gasteiger partial charge is 0.371 e. The van der Waals surface area contributed by atoms with Crippen LogP contribution in [-0.2, 0) is 6.61 Å². The SMILES string of the molecule is CCOc1cc(C=NNc2ccc([N+](=O)[O-])cn2)ccc1OCc1ccc(C(=O)O)o1. The lowest BCUT2D eigenvalue weighted by molar-refractivity contribution is -0.385. The molecule has 2 heterocycles. The van der Waals surface area contributed by atoms with Crippen LogP contribution >= 0.6 is 0 Å². The zero-order valence-electron chi connectivity index (χ0n) is 16.3. The van der Waals surface area contributed by atoms with Gasteiger partial charge in [-0.05, 0) is 48.9 Å². The molecule has 0 aliphatic heterocycles. The van der Waals surface area contributed by atoms with Crippen molar-refractivity contribution in [2.75, 3.05) is 12.0 Å². The van der Waals surface area contributed by atoms with Crippen LogP contribution in [0.5, 0.6) is 11.5 Å². The van der Waals surface area contributed by atoms with Crippen molar-refractivity contribution < 1.29 is 28.7 Å². The van der Waals surface area contributed by atoms with E-state index in [-0.39, 0.29) is 18.1 Å². The molecular weight excluding hydrogens is 408 g/mol. The molecule has 0 spiro atoms. The Balaban J connectivity index is 1.65. The number of hydrogen-bond donors (Lipinski definition) is 2. The van der Waals surface area contributed by atoms with E-state index < -0.39 is 10.9 Å². The lowest BCUT2D eigenvalue weighted by Gasteiger charge is -2.11. The van der Waals surface area contributed by atoms with E-state index in [1.54, 1.807) is 18.2 Å². The van der Waals surface area contributed by atoms with E-state index in [0.29, 0.717) is 35.2 Å². The Morgan fingerprint density at radius 2 is 2.10 bits per heavy atom. The van der Waals surface area contributed by atoms with E-state index in [2.05, 4.69) is 15.5 Å². The number of furan rings is 1. The van der Waals surface area contributed by atoms with Gasteiger partial charge in [0.05, 0.1) is 17.7 Å². The third kappa shape index (κ3) is 5.79. The third-order valence-electron chi connectivity index (χ3n) is 3.86. The summed E-state index contributed by atoms with van der Waals surface area (Å²) in [5.41, 5.74) is 3.28. The number of rotatable bonds is 10. The number of hydrazone groups is 1. The molecule has 0 atom stereocenters. The Hall–Kier alpha value is -4.41. The van der Waals surface area contributed by atoms with Gasteiger partial charge in [0.1, 0.15) is 24.4 Å². The highest BCUT2D eigenvalue weighted by Gasteiger charge is 2.11. The van der Waals surface area contributed by atoms with Crippen molar-refractivity contribution in [2.24, 2.45) is 5.10 Å². The minimum Gasteiger partial charge on any atom is -0.490 e. The number of carboxylic acids is 1. The lowest BCUT2D eigenvalue weighted by Crippen LogP contribution is -2.00. The number of aromatic carboxylic acids is 1. The van der Waals surface area contributed by atoms with Crippen LogP contribution in [0.25, 0.3) is 0 Å². The van der Waals surface area contributed by atoms with E-state index in [9.17, 15) is 14.9 Å². The maximum absolute atomic E-state index is 10.9. The fourth-order valence-electron chi connectivity index (χ4n) is 2.44. The van der Waals surface area contributed by atoms with Gasteiger partial charge in [-0.1, -0.05) is 0 Å². The molecule has 0 aliphatic rings. The lowest BCUT2D eigenvalue weighted by atomic mass is 10.2. The van der Waals surface area contributed by atoms with Crippen LogP contribution in [0.2, 0.25) is 0 Å². The molecule has 11 heteroatoms. The number of benzene rings is 1. The van der Waals surface area contributed by atoms with Gasteiger partial charge < -0.3 is 19.0 Å². The van der Waals surface area contributed by atoms with E-state index in [1.165, 1.54) is 30.5 Å². The van der Waals surface area contributed by atoms with Crippen LogP contribution in [0, 0.1) is 10.1 Å². The summed E-state index contributed by atoms with van der Waals surface area (Å²) < 4.78 is 16.5. The summed E-state index contributed by atoms with van der Waals surface area (Å²) in [4.78, 5) is 24.9. The Kier molecular flexibility index (Phi) is 6.78. The van der Waals surface area contributed by atoms with Crippen molar-refractivity contribution in [3.05, 3.63) is 75.9 Å². The predicted molar refractivity (Wildman–Crippen MR) is 110 cm³/mol. The zero-order valence-corrected chi connectivity index (χ0v) is 16.3. The molecule has 0 amide bonds. The quantitative estimate of drug-likeness (QED) is 0.281. The Morgan fingerprint density at radius 3 is 2.74 bits per heavy atom. The monoisotopic (exact) mass is 426 g/mol. The number of anilines is 1. The van der Waals surface area contributed by atoms with Crippen LogP contribution in [-0.4, -0.2) is 33.8 Å². The zero-order chi connectivity index (χ0) is 22.2. The second-order valence-electron chi connectivity index (χ2n) is 6.03. The Morgan fingerprint density at radius 1 is 1.26 bits per heavy atom. The molecule has 0 unspecified atom stereocenters. The maximum Gasteiger partial charge on any atom is 0.371 e. The number of ether oxygens (including phenoxy) is 2. The number of carbonyl (C=O) groups is 1. The first-order valence-electron chi connectivity index (χ1n) is 9.07. The number of nitro groups is 1. The highest BCUT2D eigenvalue weighted by atomic mass is 16.6. The van der Waals surface area contributed by atoms with Gasteiger partial charge in [0.15, 0.2) is 11.5 Å². The first-order valence-corrected chi connectivity index (χ1v) is 9.07. The van der Waals surface area contributed by atoms with Gasteiger partial charge >= 0.3 is 5.97 Å². The number of aromatic nitrogens is 1. The molecule has 3 aromatic rings. The molecule has 2 aromatic heterocycles. The molecule has 3 rings (SSSR count). The Bertz CT molecular complexity index is 1090. The largest absolute Gasteiger partial charge is 0.490 e. The summed E-state index contributed by atoms with van der Waals surface area (Å²) in [6, 6.07) is 10.8. The van der Waals surface area contributed by atoms with Crippen molar-refractivity contribution in [2.45, 2.75) is 13.5 Å². The number of nitrogens with zero attached hydrogens (tertiary/aromatic N) is 3. The van der Waals surface area contributed by atoms with Gasteiger partial charge in [0.25, 0.3) is 5.69 Å². The van der Waals surface area contributed by atoms with Crippen molar-refractivity contribution in [1.82, 2.24) is 4.98 Å². The molecule has 1 aromatic carbocycles. The first kappa shape index (κ1) is 21.3. The standard InChI is InChI=1S/C20H18N4O7/c1-2-29-18-9-13(10-22-23-19-8-4-14(11-21-19)24(27)28)3-6-16(18)30-12-15-5-7-17(31-15)20(25)26/h3-11H,2,12H2,1H3,(H,21,23)(H,25,26). The second-order valence-corrected chi connectivity index (χ2v) is 6.03. The summed E-state index contributed by atoms with van der Waals surface area (Å²) in [5.74, 6) is 0.339. The van der Waals surface area contributed by atoms with Crippen molar-refractivity contribution in [3.63, 3.8) is 0 Å². The third-order valence-corrected chi connectivity index (χ3v) is 3.86. The van der Waals surface area contributed by atoms with Crippen LogP contribution in [0.15, 0.2) is 58.2 Å². The number of pyridine rings is 1. The maximum atomic E-state index is 10.9. The number of nitrogens with one attached hydrogen (secondary N) is 1. The van der Waals surface area contributed by atoms with Crippen molar-refractivity contribution in [3.8, 4) is 11.5 Å². The molecular formula is C20H18N4O7. The minimum atomic E-state index is -1.15. The predicted octanol–water partition coefficient (Wildman–Crippen LogP) is 3.70. The average molecular weight is 426 g/mol. The normalized spacial score (nSPS) is 10.7. The molecule has 0 fully saturated rings. The molecule has 0 saturated heterocycles. The summed E-state index contributed by atoms with van der Waals surface area (Å²) >= 11 is 0. The minimum absolute atomic E-state index is 0.0359. The molecule has 160 valence electrons. The van der Waals surface area contributed by atoms with E-state index in [1.807, 2.05) is 6.92 Å². The number of hydrogen-bond acceptors (Lipinski definition) is 9. The molecule has 11 nitrogen and oxygen atoms in total. The van der Waals surface area contributed by atoms with Crippen LogP contribution < -0.4 is 14.9 Å². The average Bonchev–Trinajstić information content (AvgIpc) is 3.23. The van der Waals surface area contributed by atoms with E-state index in [4.69, 9.17) is 19.0 Å². The van der Waals surface area contributed by atoms with Gasteiger partial charge in [-0.15, -0.1) is 0 Å². The van der Waals surface area contributed by atoms with E-state index in [0.717, 1.165) is 6.20 Å². The molecule has 0 saturated carbocycles. The van der Waals surface area contributed by atoms with Gasteiger partial charge in [0, 0.05) is 6.07 Å².